The second-order valence-corrected chi connectivity index (χ2v) is 9.43. The first-order valence-corrected chi connectivity index (χ1v) is 12.6. The Hall–Kier alpha value is -2.14. The van der Waals surface area contributed by atoms with Crippen molar-refractivity contribution in [1.82, 2.24) is 0 Å². The molecule has 0 amide bonds. The van der Waals surface area contributed by atoms with E-state index >= 15 is 0 Å². The van der Waals surface area contributed by atoms with Gasteiger partial charge in [0.05, 0.1) is 18.8 Å². The van der Waals surface area contributed by atoms with Gasteiger partial charge in [0.1, 0.15) is 6.61 Å². The first-order chi connectivity index (χ1) is 16.1. The first kappa shape index (κ1) is 24.0. The highest BCUT2D eigenvalue weighted by Crippen LogP contribution is 2.41. The molecule has 4 rings (SSSR count). The van der Waals surface area contributed by atoms with Gasteiger partial charge < -0.3 is 14.2 Å². The van der Waals surface area contributed by atoms with Gasteiger partial charge in [-0.3, -0.25) is 0 Å². The van der Waals surface area contributed by atoms with E-state index in [2.05, 4.69) is 19.1 Å². The number of rotatable bonds is 9. The monoisotopic (exact) mass is 458 g/mol. The van der Waals surface area contributed by atoms with E-state index in [9.17, 15) is 8.78 Å². The molecule has 1 aliphatic heterocycles. The Morgan fingerprint density at radius 1 is 0.818 bits per heavy atom. The molecule has 180 valence electrons. The van der Waals surface area contributed by atoms with Crippen molar-refractivity contribution in [2.75, 3.05) is 6.61 Å². The summed E-state index contributed by atoms with van der Waals surface area (Å²) in [5, 5.41) is 0. The molecule has 33 heavy (non-hydrogen) atoms. The molecule has 0 aromatic heterocycles. The van der Waals surface area contributed by atoms with Crippen molar-refractivity contribution in [2.24, 2.45) is 5.92 Å². The van der Waals surface area contributed by atoms with Crippen LogP contribution in [0, 0.1) is 17.6 Å². The lowest BCUT2D eigenvalue weighted by atomic mass is 9.76. The average Bonchev–Trinajstić information content (AvgIpc) is 3.31. The van der Waals surface area contributed by atoms with E-state index in [-0.39, 0.29) is 24.7 Å². The zero-order chi connectivity index (χ0) is 23.2. The third kappa shape index (κ3) is 5.87. The molecule has 1 aliphatic carbocycles. The maximum Gasteiger partial charge on any atom is 0.204 e. The Morgan fingerprint density at radius 3 is 2.12 bits per heavy atom. The normalized spacial score (nSPS) is 25.2. The van der Waals surface area contributed by atoms with Crippen LogP contribution in [0.4, 0.5) is 8.78 Å². The minimum absolute atomic E-state index is 0.0957. The predicted molar refractivity (Wildman–Crippen MR) is 126 cm³/mol. The van der Waals surface area contributed by atoms with E-state index in [1.807, 2.05) is 12.1 Å². The SMILES string of the molecule is CCCC1CCC(C2CCC(c3ccc(COc4ccc(OCC)c(F)c4F)cc3)CC2)O1. The number of halogens is 2. The number of hydrogen-bond acceptors (Lipinski definition) is 3. The van der Waals surface area contributed by atoms with Crippen LogP contribution < -0.4 is 9.47 Å². The minimum atomic E-state index is -1.01. The second kappa shape index (κ2) is 11.3. The highest BCUT2D eigenvalue weighted by molar-refractivity contribution is 5.35. The van der Waals surface area contributed by atoms with Gasteiger partial charge in [0.25, 0.3) is 0 Å². The van der Waals surface area contributed by atoms with Crippen LogP contribution in [0.3, 0.4) is 0 Å². The standard InChI is InChI=1S/C28H36F2O3/c1-3-5-23-14-15-24(33-23)22-12-10-21(11-13-22)20-8-6-19(7-9-20)18-32-26-17-16-25(31-4-2)27(29)28(26)30/h6-9,16-17,21-24H,3-5,10-15,18H2,1-2H3. The van der Waals surface area contributed by atoms with Gasteiger partial charge in [-0.2, -0.15) is 8.78 Å². The Balaban J connectivity index is 1.27. The lowest BCUT2D eigenvalue weighted by molar-refractivity contribution is -0.00426. The zero-order valence-corrected chi connectivity index (χ0v) is 19.8. The van der Waals surface area contributed by atoms with Crippen LogP contribution in [-0.4, -0.2) is 18.8 Å². The van der Waals surface area contributed by atoms with E-state index in [0.29, 0.717) is 24.0 Å². The van der Waals surface area contributed by atoms with Crippen molar-refractivity contribution in [1.29, 1.82) is 0 Å². The van der Waals surface area contributed by atoms with Crippen LogP contribution in [0.25, 0.3) is 0 Å². The molecule has 1 saturated heterocycles. The predicted octanol–water partition coefficient (Wildman–Crippen LogP) is 7.56. The molecule has 3 nitrogen and oxygen atoms in total. The lowest BCUT2D eigenvalue weighted by Gasteiger charge is -2.32. The van der Waals surface area contributed by atoms with E-state index in [4.69, 9.17) is 14.2 Å². The van der Waals surface area contributed by atoms with Gasteiger partial charge in [0.15, 0.2) is 11.5 Å². The van der Waals surface area contributed by atoms with Crippen LogP contribution in [0.2, 0.25) is 0 Å². The van der Waals surface area contributed by atoms with Crippen LogP contribution in [0.1, 0.15) is 82.3 Å². The smallest absolute Gasteiger partial charge is 0.204 e. The third-order valence-corrected chi connectivity index (χ3v) is 7.21. The van der Waals surface area contributed by atoms with Gasteiger partial charge in [-0.25, -0.2) is 0 Å². The van der Waals surface area contributed by atoms with Crippen molar-refractivity contribution in [3.05, 3.63) is 59.2 Å². The van der Waals surface area contributed by atoms with Gasteiger partial charge in [-0.05, 0) is 87.0 Å². The summed E-state index contributed by atoms with van der Waals surface area (Å²) in [6, 6.07) is 11.2. The fourth-order valence-corrected chi connectivity index (χ4v) is 5.38. The van der Waals surface area contributed by atoms with Crippen molar-refractivity contribution < 1.29 is 23.0 Å². The first-order valence-electron chi connectivity index (χ1n) is 12.6. The van der Waals surface area contributed by atoms with Gasteiger partial charge in [-0.1, -0.05) is 37.6 Å². The molecular weight excluding hydrogens is 422 g/mol. The summed E-state index contributed by atoms with van der Waals surface area (Å²) in [4.78, 5) is 0. The maximum atomic E-state index is 14.2. The molecular formula is C28H36F2O3. The van der Waals surface area contributed by atoms with E-state index < -0.39 is 11.6 Å². The Labute approximate surface area is 196 Å². The summed E-state index contributed by atoms with van der Waals surface area (Å²) in [5.41, 5.74) is 2.29. The van der Waals surface area contributed by atoms with Gasteiger partial charge in [0, 0.05) is 0 Å². The minimum Gasteiger partial charge on any atom is -0.491 e. The van der Waals surface area contributed by atoms with Crippen LogP contribution >= 0.6 is 0 Å². The Bertz CT molecular complexity index is 891. The Morgan fingerprint density at radius 2 is 1.48 bits per heavy atom. The molecule has 5 heteroatoms. The molecule has 0 bridgehead atoms. The molecule has 2 aromatic carbocycles. The lowest BCUT2D eigenvalue weighted by Crippen LogP contribution is -2.25. The van der Waals surface area contributed by atoms with Crippen LogP contribution in [-0.2, 0) is 11.3 Å². The topological polar surface area (TPSA) is 27.7 Å². The number of benzene rings is 2. The molecule has 2 atom stereocenters. The van der Waals surface area contributed by atoms with Crippen LogP contribution in [0.15, 0.2) is 36.4 Å². The van der Waals surface area contributed by atoms with Crippen molar-refractivity contribution in [2.45, 2.75) is 89.9 Å². The maximum absolute atomic E-state index is 14.2. The molecule has 2 fully saturated rings. The zero-order valence-electron chi connectivity index (χ0n) is 19.8. The molecule has 0 spiro atoms. The van der Waals surface area contributed by atoms with Crippen molar-refractivity contribution in [3.63, 3.8) is 0 Å². The van der Waals surface area contributed by atoms with E-state index in [1.54, 1.807) is 6.92 Å². The summed E-state index contributed by atoms with van der Waals surface area (Å²) in [6.45, 7) is 4.43. The van der Waals surface area contributed by atoms with Gasteiger partial charge >= 0.3 is 0 Å². The van der Waals surface area contributed by atoms with Gasteiger partial charge in [0.2, 0.25) is 11.6 Å². The van der Waals surface area contributed by atoms with Crippen LogP contribution in [0.5, 0.6) is 11.5 Å². The molecule has 0 N–H and O–H groups in total. The van der Waals surface area contributed by atoms with E-state index in [0.717, 1.165) is 5.56 Å². The number of ether oxygens (including phenoxy) is 3. The largest absolute Gasteiger partial charge is 0.491 e. The number of hydrogen-bond donors (Lipinski definition) is 0. The summed E-state index contributed by atoms with van der Waals surface area (Å²) in [5.74, 6) is -0.928. The second-order valence-electron chi connectivity index (χ2n) is 9.43. The summed E-state index contributed by atoms with van der Waals surface area (Å²) in [7, 11) is 0. The molecule has 1 saturated carbocycles. The quantitative estimate of drug-likeness (QED) is 0.388. The van der Waals surface area contributed by atoms with Crippen molar-refractivity contribution in [3.8, 4) is 11.5 Å². The fraction of sp³-hybridized carbons (Fsp3) is 0.571. The molecule has 2 aliphatic rings. The van der Waals surface area contributed by atoms with Crippen molar-refractivity contribution >= 4 is 0 Å². The average molecular weight is 459 g/mol. The molecule has 2 unspecified atom stereocenters. The van der Waals surface area contributed by atoms with Gasteiger partial charge in [-0.15, -0.1) is 0 Å². The highest BCUT2D eigenvalue weighted by atomic mass is 19.2. The summed E-state index contributed by atoms with van der Waals surface area (Å²) < 4.78 is 45.2. The molecule has 2 aromatic rings. The highest BCUT2D eigenvalue weighted by Gasteiger charge is 2.34. The third-order valence-electron chi connectivity index (χ3n) is 7.21. The molecule has 0 radical (unpaired) electrons. The fourth-order valence-electron chi connectivity index (χ4n) is 5.38. The Kier molecular flexibility index (Phi) is 8.24. The summed E-state index contributed by atoms with van der Waals surface area (Å²) >= 11 is 0. The molecule has 1 heterocycles. The summed E-state index contributed by atoms with van der Waals surface area (Å²) in [6.07, 6.45) is 10.7. The van der Waals surface area contributed by atoms with E-state index in [1.165, 1.54) is 69.1 Å².